The summed E-state index contributed by atoms with van der Waals surface area (Å²) in [5, 5.41) is 4.86. The molecule has 2 atom stereocenters. The molecule has 1 aliphatic carbocycles. The van der Waals surface area contributed by atoms with Gasteiger partial charge in [-0.2, -0.15) is 0 Å². The van der Waals surface area contributed by atoms with Gasteiger partial charge in [-0.1, -0.05) is 32.0 Å². The van der Waals surface area contributed by atoms with Crippen molar-refractivity contribution in [2.24, 2.45) is 10.9 Å². The van der Waals surface area contributed by atoms with Gasteiger partial charge < -0.3 is 5.32 Å². The molecule has 1 heterocycles. The van der Waals surface area contributed by atoms with E-state index in [-0.39, 0.29) is 5.54 Å². The highest BCUT2D eigenvalue weighted by Gasteiger charge is 2.32. The first-order valence-corrected chi connectivity index (χ1v) is 7.64. The molecule has 0 aromatic rings. The molecule has 0 aromatic heterocycles. The summed E-state index contributed by atoms with van der Waals surface area (Å²) in [6, 6.07) is 0.627. The molecular formula is C13H24N2S. The Balaban J connectivity index is 2.00. The van der Waals surface area contributed by atoms with Crippen molar-refractivity contribution >= 4 is 16.9 Å². The zero-order chi connectivity index (χ0) is 11.6. The zero-order valence-electron chi connectivity index (χ0n) is 10.8. The van der Waals surface area contributed by atoms with Crippen molar-refractivity contribution in [1.82, 2.24) is 5.32 Å². The van der Waals surface area contributed by atoms with Crippen molar-refractivity contribution in [2.45, 2.75) is 64.5 Å². The molecule has 0 aromatic carbocycles. The highest BCUT2D eigenvalue weighted by Crippen LogP contribution is 2.35. The summed E-state index contributed by atoms with van der Waals surface area (Å²) in [6.07, 6.45) is 6.42. The van der Waals surface area contributed by atoms with E-state index < -0.39 is 0 Å². The molecule has 0 bridgehead atoms. The van der Waals surface area contributed by atoms with Crippen LogP contribution in [0, 0.1) is 5.92 Å². The molecule has 2 rings (SSSR count). The Morgan fingerprint density at radius 3 is 2.81 bits per heavy atom. The molecular weight excluding hydrogens is 216 g/mol. The molecule has 1 N–H and O–H groups in total. The Morgan fingerprint density at radius 1 is 1.38 bits per heavy atom. The summed E-state index contributed by atoms with van der Waals surface area (Å²) in [6.45, 7) is 6.81. The van der Waals surface area contributed by atoms with Crippen molar-refractivity contribution in [3.8, 4) is 0 Å². The molecule has 3 heteroatoms. The van der Waals surface area contributed by atoms with Crippen molar-refractivity contribution in [2.75, 3.05) is 5.75 Å². The third kappa shape index (κ3) is 2.55. The zero-order valence-corrected chi connectivity index (χ0v) is 11.6. The first-order chi connectivity index (χ1) is 7.67. The van der Waals surface area contributed by atoms with E-state index in [0.717, 1.165) is 18.8 Å². The van der Waals surface area contributed by atoms with Gasteiger partial charge in [0.05, 0.1) is 6.04 Å². The number of nitrogens with one attached hydrogen (secondary N) is 1. The molecule has 1 saturated carbocycles. The normalized spacial score (nSPS) is 29.8. The second-order valence-corrected chi connectivity index (χ2v) is 6.41. The van der Waals surface area contributed by atoms with Gasteiger partial charge in [0.15, 0.2) is 5.17 Å². The van der Waals surface area contributed by atoms with E-state index in [1.807, 2.05) is 11.8 Å². The van der Waals surface area contributed by atoms with Crippen LogP contribution in [0.1, 0.15) is 52.9 Å². The number of nitrogens with zero attached hydrogens (tertiary/aromatic N) is 1. The Kier molecular flexibility index (Phi) is 3.83. The van der Waals surface area contributed by atoms with Gasteiger partial charge >= 0.3 is 0 Å². The van der Waals surface area contributed by atoms with Crippen molar-refractivity contribution in [3.63, 3.8) is 0 Å². The Morgan fingerprint density at radius 2 is 2.12 bits per heavy atom. The minimum absolute atomic E-state index is 0.233. The van der Waals surface area contributed by atoms with Crippen LogP contribution in [0.15, 0.2) is 4.99 Å². The molecule has 92 valence electrons. The first kappa shape index (κ1) is 12.3. The Bertz CT molecular complexity index is 271. The van der Waals surface area contributed by atoms with E-state index in [1.165, 1.54) is 30.2 Å². The van der Waals surface area contributed by atoms with Crippen LogP contribution in [0.25, 0.3) is 0 Å². The summed E-state index contributed by atoms with van der Waals surface area (Å²) in [5.74, 6) is 2.14. The van der Waals surface area contributed by atoms with Gasteiger partial charge in [0.2, 0.25) is 0 Å². The SMILES string of the molecule is CCC(C)(CC)NC1=NC2CCCC2CS1. The van der Waals surface area contributed by atoms with Crippen molar-refractivity contribution < 1.29 is 0 Å². The van der Waals surface area contributed by atoms with Crippen LogP contribution in [0.4, 0.5) is 0 Å². The lowest BCUT2D eigenvalue weighted by atomic mass is 9.96. The summed E-state index contributed by atoms with van der Waals surface area (Å²) < 4.78 is 0. The maximum atomic E-state index is 4.89. The van der Waals surface area contributed by atoms with Gasteiger partial charge in [-0.05, 0) is 38.5 Å². The van der Waals surface area contributed by atoms with Crippen LogP contribution in [-0.4, -0.2) is 22.5 Å². The van der Waals surface area contributed by atoms with Crippen LogP contribution in [0.5, 0.6) is 0 Å². The number of rotatable bonds is 3. The number of amidine groups is 1. The number of thioether (sulfide) groups is 1. The Hall–Kier alpha value is -0.180. The predicted octanol–water partition coefficient (Wildman–Crippen LogP) is 3.43. The molecule has 2 nitrogen and oxygen atoms in total. The van der Waals surface area contributed by atoms with Gasteiger partial charge in [0, 0.05) is 11.3 Å². The van der Waals surface area contributed by atoms with Crippen molar-refractivity contribution in [3.05, 3.63) is 0 Å². The lowest BCUT2D eigenvalue weighted by molar-refractivity contribution is 0.389. The minimum Gasteiger partial charge on any atom is -0.360 e. The fourth-order valence-corrected chi connectivity index (χ4v) is 3.80. The van der Waals surface area contributed by atoms with Crippen LogP contribution < -0.4 is 5.32 Å². The summed E-state index contributed by atoms with van der Waals surface area (Å²) in [5.41, 5.74) is 0.233. The summed E-state index contributed by atoms with van der Waals surface area (Å²) >= 11 is 1.94. The molecule has 16 heavy (non-hydrogen) atoms. The third-order valence-corrected chi connectivity index (χ3v) is 5.38. The fraction of sp³-hybridized carbons (Fsp3) is 0.923. The maximum Gasteiger partial charge on any atom is 0.157 e. The first-order valence-electron chi connectivity index (χ1n) is 6.65. The van der Waals surface area contributed by atoms with E-state index in [2.05, 4.69) is 26.1 Å². The van der Waals surface area contributed by atoms with E-state index in [4.69, 9.17) is 4.99 Å². The number of hydrogen-bond acceptors (Lipinski definition) is 3. The molecule has 1 fully saturated rings. The van der Waals surface area contributed by atoms with E-state index in [0.29, 0.717) is 6.04 Å². The molecule has 2 aliphatic rings. The van der Waals surface area contributed by atoms with Gasteiger partial charge in [0.1, 0.15) is 0 Å². The molecule has 0 amide bonds. The molecule has 1 aliphatic heterocycles. The monoisotopic (exact) mass is 240 g/mol. The maximum absolute atomic E-state index is 4.89. The molecule has 0 spiro atoms. The second-order valence-electron chi connectivity index (χ2n) is 5.40. The Labute approximate surface area is 104 Å². The topological polar surface area (TPSA) is 24.4 Å². The van der Waals surface area contributed by atoms with Crippen LogP contribution in [-0.2, 0) is 0 Å². The largest absolute Gasteiger partial charge is 0.360 e. The van der Waals surface area contributed by atoms with E-state index >= 15 is 0 Å². The number of fused-ring (bicyclic) bond motifs is 1. The molecule has 2 unspecified atom stereocenters. The predicted molar refractivity (Wildman–Crippen MR) is 73.1 cm³/mol. The van der Waals surface area contributed by atoms with Gasteiger partial charge in [0.25, 0.3) is 0 Å². The standard InChI is InChI=1S/C13H24N2S/c1-4-13(3,5-2)15-12-14-11-8-6-7-10(11)9-16-12/h10-11H,4-9H2,1-3H3,(H,14,15). The average molecular weight is 240 g/mol. The van der Waals surface area contributed by atoms with Gasteiger partial charge in [-0.15, -0.1) is 0 Å². The summed E-state index contributed by atoms with van der Waals surface area (Å²) in [4.78, 5) is 4.89. The lowest BCUT2D eigenvalue weighted by Gasteiger charge is -2.33. The third-order valence-electron chi connectivity index (χ3n) is 4.31. The minimum atomic E-state index is 0.233. The van der Waals surface area contributed by atoms with E-state index in [1.54, 1.807) is 0 Å². The highest BCUT2D eigenvalue weighted by molar-refractivity contribution is 8.13. The van der Waals surface area contributed by atoms with Gasteiger partial charge in [-0.25, -0.2) is 0 Å². The smallest absolute Gasteiger partial charge is 0.157 e. The van der Waals surface area contributed by atoms with Crippen LogP contribution in [0.2, 0.25) is 0 Å². The average Bonchev–Trinajstić information content (AvgIpc) is 2.76. The van der Waals surface area contributed by atoms with E-state index in [9.17, 15) is 0 Å². The number of aliphatic imine (C=N–C) groups is 1. The highest BCUT2D eigenvalue weighted by atomic mass is 32.2. The second kappa shape index (κ2) is 4.99. The molecule has 0 saturated heterocycles. The van der Waals surface area contributed by atoms with Crippen LogP contribution in [0.3, 0.4) is 0 Å². The number of hydrogen-bond donors (Lipinski definition) is 1. The summed E-state index contributed by atoms with van der Waals surface area (Å²) in [7, 11) is 0. The quantitative estimate of drug-likeness (QED) is 0.817. The van der Waals surface area contributed by atoms with Gasteiger partial charge in [-0.3, -0.25) is 4.99 Å². The fourth-order valence-electron chi connectivity index (χ4n) is 2.51. The lowest BCUT2D eigenvalue weighted by Crippen LogP contribution is -2.45. The molecule has 0 radical (unpaired) electrons. The van der Waals surface area contributed by atoms with Crippen LogP contribution >= 0.6 is 11.8 Å². The van der Waals surface area contributed by atoms with Crippen molar-refractivity contribution in [1.29, 1.82) is 0 Å².